The number of carbonyl (C=O) groups is 1. The molecule has 2 aromatic heterocycles. The van der Waals surface area contributed by atoms with Crippen LogP contribution in [0.25, 0.3) is 0 Å². The zero-order valence-electron chi connectivity index (χ0n) is 16.1. The molecule has 29 heavy (non-hydrogen) atoms. The van der Waals surface area contributed by atoms with Crippen molar-refractivity contribution in [3.63, 3.8) is 0 Å². The van der Waals surface area contributed by atoms with E-state index in [2.05, 4.69) is 15.3 Å². The zero-order chi connectivity index (χ0) is 20.2. The monoisotopic (exact) mass is 395 g/mol. The summed E-state index contributed by atoms with van der Waals surface area (Å²) in [5, 5.41) is 3.08. The Kier molecular flexibility index (Phi) is 5.41. The third-order valence-corrected chi connectivity index (χ3v) is 4.83. The van der Waals surface area contributed by atoms with Gasteiger partial charge in [-0.1, -0.05) is 12.1 Å². The van der Waals surface area contributed by atoms with Crippen molar-refractivity contribution < 1.29 is 13.6 Å². The molecule has 0 radical (unpaired) electrons. The summed E-state index contributed by atoms with van der Waals surface area (Å²) < 4.78 is 19.3. The maximum Gasteiger partial charge on any atom is 0.272 e. The molecule has 1 fully saturated rings. The number of nitrogens with zero attached hydrogens (tertiary/aromatic N) is 4. The molecule has 1 aliphatic rings. The number of hydrogen-bond acceptors (Lipinski definition) is 6. The van der Waals surface area contributed by atoms with Gasteiger partial charge in [0.2, 0.25) is 5.95 Å². The quantitative estimate of drug-likeness (QED) is 0.716. The van der Waals surface area contributed by atoms with E-state index in [-0.39, 0.29) is 11.7 Å². The van der Waals surface area contributed by atoms with Gasteiger partial charge in [0.25, 0.3) is 5.91 Å². The molecule has 150 valence electrons. The predicted molar refractivity (Wildman–Crippen MR) is 107 cm³/mol. The fourth-order valence-electron chi connectivity index (χ4n) is 3.36. The van der Waals surface area contributed by atoms with Crippen LogP contribution in [-0.2, 0) is 6.54 Å². The molecule has 3 heterocycles. The van der Waals surface area contributed by atoms with Crippen LogP contribution >= 0.6 is 0 Å². The van der Waals surface area contributed by atoms with Gasteiger partial charge < -0.3 is 19.5 Å². The van der Waals surface area contributed by atoms with Crippen molar-refractivity contribution in [1.29, 1.82) is 0 Å². The van der Waals surface area contributed by atoms with Gasteiger partial charge in [-0.05, 0) is 37.3 Å². The highest BCUT2D eigenvalue weighted by atomic mass is 19.1. The first-order valence-electron chi connectivity index (χ1n) is 9.51. The molecule has 0 bridgehead atoms. The van der Waals surface area contributed by atoms with Gasteiger partial charge in [0.15, 0.2) is 0 Å². The second-order valence-electron chi connectivity index (χ2n) is 6.88. The number of nitrogens with one attached hydrogen (secondary N) is 1. The smallest absolute Gasteiger partial charge is 0.272 e. The first-order chi connectivity index (χ1) is 14.1. The molecule has 1 aromatic carbocycles. The fourth-order valence-corrected chi connectivity index (χ4v) is 3.36. The van der Waals surface area contributed by atoms with Crippen molar-refractivity contribution in [3.05, 3.63) is 71.7 Å². The maximum atomic E-state index is 14.0. The molecule has 7 nitrogen and oxygen atoms in total. The van der Waals surface area contributed by atoms with Gasteiger partial charge in [-0.25, -0.2) is 14.4 Å². The first-order valence-corrected chi connectivity index (χ1v) is 9.51. The Bertz CT molecular complexity index is 984. The molecular formula is C21H22FN5O2. The lowest BCUT2D eigenvalue weighted by Crippen LogP contribution is -2.49. The summed E-state index contributed by atoms with van der Waals surface area (Å²) in [6.07, 6.45) is 1.60. The van der Waals surface area contributed by atoms with E-state index in [1.807, 2.05) is 30.0 Å². The second-order valence-corrected chi connectivity index (χ2v) is 6.88. The van der Waals surface area contributed by atoms with Crippen LogP contribution in [-0.4, -0.2) is 47.0 Å². The predicted octanol–water partition coefficient (Wildman–Crippen LogP) is 3.09. The van der Waals surface area contributed by atoms with Gasteiger partial charge >= 0.3 is 0 Å². The fraction of sp³-hybridized carbons (Fsp3) is 0.286. The molecule has 0 aliphatic carbocycles. The Hall–Kier alpha value is -3.42. The minimum atomic E-state index is -0.244. The average molecular weight is 395 g/mol. The molecule has 0 spiro atoms. The average Bonchev–Trinajstić information content (AvgIpc) is 3.26. The molecule has 1 saturated heterocycles. The van der Waals surface area contributed by atoms with Crippen LogP contribution < -0.4 is 10.2 Å². The molecule has 1 N–H and O–H groups in total. The van der Waals surface area contributed by atoms with Crippen molar-refractivity contribution >= 4 is 17.5 Å². The first kappa shape index (κ1) is 18.9. The number of carbonyl (C=O) groups excluding carboxylic acids is 1. The van der Waals surface area contributed by atoms with Crippen LogP contribution in [0.5, 0.6) is 0 Å². The molecule has 3 aromatic rings. The van der Waals surface area contributed by atoms with Crippen LogP contribution in [0, 0.1) is 12.7 Å². The Morgan fingerprint density at radius 1 is 1.14 bits per heavy atom. The number of halogens is 1. The minimum absolute atomic E-state index is 0.148. The van der Waals surface area contributed by atoms with E-state index in [9.17, 15) is 9.18 Å². The summed E-state index contributed by atoms with van der Waals surface area (Å²) in [7, 11) is 0. The van der Waals surface area contributed by atoms with Crippen molar-refractivity contribution in [2.24, 2.45) is 0 Å². The Labute approximate surface area is 168 Å². The number of anilines is 2. The number of amides is 1. The van der Waals surface area contributed by atoms with E-state index < -0.39 is 0 Å². The topological polar surface area (TPSA) is 74.5 Å². The van der Waals surface area contributed by atoms with Crippen LogP contribution in [0.3, 0.4) is 0 Å². The summed E-state index contributed by atoms with van der Waals surface area (Å²) in [6.45, 7) is 4.41. The van der Waals surface area contributed by atoms with E-state index >= 15 is 0 Å². The second kappa shape index (κ2) is 8.30. The van der Waals surface area contributed by atoms with Crippen molar-refractivity contribution in [3.8, 4) is 0 Å². The Balaban J connectivity index is 1.41. The normalized spacial score (nSPS) is 14.1. The maximum absolute atomic E-state index is 14.0. The number of benzene rings is 1. The molecule has 0 saturated carbocycles. The number of para-hydroxylation sites is 1. The van der Waals surface area contributed by atoms with Crippen molar-refractivity contribution in [2.75, 3.05) is 36.4 Å². The largest absolute Gasteiger partial charge is 0.467 e. The lowest BCUT2D eigenvalue weighted by Gasteiger charge is -2.36. The summed E-state index contributed by atoms with van der Waals surface area (Å²) in [5.74, 6) is 0.748. The van der Waals surface area contributed by atoms with Crippen molar-refractivity contribution in [1.82, 2.24) is 14.9 Å². The van der Waals surface area contributed by atoms with E-state index in [4.69, 9.17) is 4.42 Å². The summed E-state index contributed by atoms with van der Waals surface area (Å²) >= 11 is 0. The standard InChI is InChI=1S/C21H22FN5O2/c1-15-13-18(25-21(24-15)23-14-16-5-4-12-29-16)20(28)27-10-8-26(9-11-27)19-7-3-2-6-17(19)22/h2-7,12-13H,8-11,14H2,1H3,(H,23,24,25). The third kappa shape index (κ3) is 4.37. The van der Waals surface area contributed by atoms with E-state index in [1.54, 1.807) is 29.4 Å². The highest BCUT2D eigenvalue weighted by molar-refractivity contribution is 5.92. The van der Waals surface area contributed by atoms with Gasteiger partial charge in [-0.15, -0.1) is 0 Å². The number of hydrogen-bond donors (Lipinski definition) is 1. The molecule has 1 aliphatic heterocycles. The number of aromatic nitrogens is 2. The number of aryl methyl sites for hydroxylation is 1. The van der Waals surface area contributed by atoms with E-state index in [0.29, 0.717) is 55.7 Å². The van der Waals surface area contributed by atoms with Crippen LogP contribution in [0.4, 0.5) is 16.0 Å². The van der Waals surface area contributed by atoms with Crippen LogP contribution in [0.15, 0.2) is 53.1 Å². The molecule has 8 heteroatoms. The highest BCUT2D eigenvalue weighted by Gasteiger charge is 2.25. The Morgan fingerprint density at radius 2 is 1.93 bits per heavy atom. The molecule has 1 amide bonds. The number of rotatable bonds is 5. The van der Waals surface area contributed by atoms with Gasteiger partial charge in [0, 0.05) is 31.9 Å². The van der Waals surface area contributed by atoms with Crippen molar-refractivity contribution in [2.45, 2.75) is 13.5 Å². The van der Waals surface area contributed by atoms with Gasteiger partial charge in [-0.2, -0.15) is 0 Å². The highest BCUT2D eigenvalue weighted by Crippen LogP contribution is 2.21. The van der Waals surface area contributed by atoms with E-state index in [0.717, 1.165) is 5.76 Å². The number of piperazine rings is 1. The van der Waals surface area contributed by atoms with Crippen LogP contribution in [0.2, 0.25) is 0 Å². The Morgan fingerprint density at radius 3 is 2.66 bits per heavy atom. The molecule has 4 rings (SSSR count). The van der Waals surface area contributed by atoms with Crippen LogP contribution in [0.1, 0.15) is 21.9 Å². The zero-order valence-corrected chi connectivity index (χ0v) is 16.1. The summed E-state index contributed by atoms with van der Waals surface area (Å²) in [4.78, 5) is 25.4. The van der Waals surface area contributed by atoms with Gasteiger partial charge in [-0.3, -0.25) is 4.79 Å². The van der Waals surface area contributed by atoms with Gasteiger partial charge in [0.05, 0.1) is 18.5 Å². The SMILES string of the molecule is Cc1cc(C(=O)N2CCN(c3ccccc3F)CC2)nc(NCc2ccco2)n1. The van der Waals surface area contributed by atoms with Gasteiger partial charge in [0.1, 0.15) is 17.3 Å². The molecule has 0 atom stereocenters. The summed E-state index contributed by atoms with van der Waals surface area (Å²) in [6, 6.07) is 12.0. The molecular weight excluding hydrogens is 373 g/mol. The third-order valence-electron chi connectivity index (χ3n) is 4.83. The lowest BCUT2D eigenvalue weighted by molar-refractivity contribution is 0.0740. The summed E-state index contributed by atoms with van der Waals surface area (Å²) in [5.41, 5.74) is 1.62. The number of furan rings is 1. The molecule has 0 unspecified atom stereocenters. The van der Waals surface area contributed by atoms with E-state index in [1.165, 1.54) is 6.07 Å². The lowest BCUT2D eigenvalue weighted by atomic mass is 10.2. The minimum Gasteiger partial charge on any atom is -0.467 e.